The molecule has 0 fully saturated rings. The number of aromatic nitrogens is 2. The zero-order valence-corrected chi connectivity index (χ0v) is 7.89. The highest BCUT2D eigenvalue weighted by atomic mass is 79.9. The first-order chi connectivity index (χ1) is 5.74. The Bertz CT molecular complexity index is 295. The first-order valence-electron chi connectivity index (χ1n) is 3.34. The number of nitrogens with one attached hydrogen (secondary N) is 2. The van der Waals surface area contributed by atoms with E-state index >= 15 is 0 Å². The second-order valence-corrected chi connectivity index (χ2v) is 2.95. The number of halogens is 1. The van der Waals surface area contributed by atoms with Crippen LogP contribution in [0.3, 0.4) is 0 Å². The number of H-pyrrole nitrogens is 1. The highest BCUT2D eigenvalue weighted by Gasteiger charge is 2.07. The molecule has 0 saturated heterocycles. The lowest BCUT2D eigenvalue weighted by molar-refractivity contribution is 0.0953. The minimum absolute atomic E-state index is 0.211. The van der Waals surface area contributed by atoms with Gasteiger partial charge in [0, 0.05) is 12.6 Å². The second kappa shape index (κ2) is 4.06. The van der Waals surface area contributed by atoms with Gasteiger partial charge in [-0.05, 0) is 15.9 Å². The molecule has 1 aromatic heterocycles. The van der Waals surface area contributed by atoms with Crippen LogP contribution in [0.15, 0.2) is 23.3 Å². The molecule has 0 aromatic carbocycles. The summed E-state index contributed by atoms with van der Waals surface area (Å²) >= 11 is 3.15. The molecule has 0 aliphatic heterocycles. The summed E-state index contributed by atoms with van der Waals surface area (Å²) in [4.78, 5) is 11.2. The third kappa shape index (κ3) is 2.20. The molecule has 0 atom stereocenters. The molecule has 2 N–H and O–H groups in total. The summed E-state index contributed by atoms with van der Waals surface area (Å²) in [7, 11) is 0. The molecule has 0 radical (unpaired) electrons. The molecule has 1 rings (SSSR count). The van der Waals surface area contributed by atoms with Crippen LogP contribution in [0.5, 0.6) is 0 Å². The fraction of sp³-hybridized carbons (Fsp3) is 0.143. The third-order valence-electron chi connectivity index (χ3n) is 1.19. The zero-order chi connectivity index (χ0) is 8.97. The van der Waals surface area contributed by atoms with Crippen molar-refractivity contribution in [1.82, 2.24) is 15.5 Å². The van der Waals surface area contributed by atoms with E-state index in [0.717, 1.165) is 0 Å². The number of hydrogen-bond donors (Lipinski definition) is 2. The monoisotopic (exact) mass is 229 g/mol. The van der Waals surface area contributed by atoms with E-state index in [1.807, 2.05) is 0 Å². The fourth-order valence-electron chi connectivity index (χ4n) is 0.670. The molecule has 0 unspecified atom stereocenters. The molecular formula is C7H8BrN3O. The van der Waals surface area contributed by atoms with Gasteiger partial charge < -0.3 is 5.32 Å². The quantitative estimate of drug-likeness (QED) is 0.763. The number of hydrogen-bond acceptors (Lipinski definition) is 2. The SMILES string of the molecule is C=CCNC(=O)c1cc(Br)[nH]n1. The lowest BCUT2D eigenvalue weighted by Crippen LogP contribution is -2.23. The normalized spacial score (nSPS) is 9.42. The molecule has 1 aromatic rings. The highest BCUT2D eigenvalue weighted by molar-refractivity contribution is 9.10. The van der Waals surface area contributed by atoms with Crippen LogP contribution < -0.4 is 5.32 Å². The Kier molecular flexibility index (Phi) is 3.04. The largest absolute Gasteiger partial charge is 0.347 e. The number of nitrogens with zero attached hydrogens (tertiary/aromatic N) is 1. The summed E-state index contributed by atoms with van der Waals surface area (Å²) in [5.74, 6) is -0.211. The Morgan fingerprint density at radius 1 is 1.92 bits per heavy atom. The van der Waals surface area contributed by atoms with Gasteiger partial charge in [-0.3, -0.25) is 9.89 Å². The zero-order valence-electron chi connectivity index (χ0n) is 6.30. The summed E-state index contributed by atoms with van der Waals surface area (Å²) < 4.78 is 0.686. The standard InChI is InChI=1S/C7H8BrN3O/c1-2-3-9-7(12)5-4-6(8)11-10-5/h2,4H,1,3H2,(H,9,12)(H,10,11). The maximum Gasteiger partial charge on any atom is 0.272 e. The molecule has 5 heteroatoms. The molecule has 0 aliphatic rings. The van der Waals surface area contributed by atoms with Crippen molar-refractivity contribution in [2.24, 2.45) is 0 Å². The van der Waals surface area contributed by atoms with Crippen molar-refractivity contribution in [1.29, 1.82) is 0 Å². The minimum atomic E-state index is -0.211. The Balaban J connectivity index is 2.59. The molecule has 4 nitrogen and oxygen atoms in total. The molecule has 1 heterocycles. The number of aromatic amines is 1. The first kappa shape index (κ1) is 8.99. The molecule has 12 heavy (non-hydrogen) atoms. The lowest BCUT2D eigenvalue weighted by Gasteiger charge is -1.95. The molecular weight excluding hydrogens is 222 g/mol. The van der Waals surface area contributed by atoms with Crippen molar-refractivity contribution in [3.05, 3.63) is 29.0 Å². The summed E-state index contributed by atoms with van der Waals surface area (Å²) in [6.07, 6.45) is 1.61. The van der Waals surface area contributed by atoms with Gasteiger partial charge in [-0.2, -0.15) is 5.10 Å². The minimum Gasteiger partial charge on any atom is -0.347 e. The van der Waals surface area contributed by atoms with Crippen LogP contribution in [-0.2, 0) is 0 Å². The van der Waals surface area contributed by atoms with E-state index in [2.05, 4.69) is 38.0 Å². The molecule has 0 saturated carbocycles. The van der Waals surface area contributed by atoms with Crippen LogP contribution in [0.25, 0.3) is 0 Å². The molecule has 0 aliphatic carbocycles. The number of carbonyl (C=O) groups excluding carboxylic acids is 1. The van der Waals surface area contributed by atoms with Crippen LogP contribution in [-0.4, -0.2) is 22.6 Å². The van der Waals surface area contributed by atoms with Crippen LogP contribution >= 0.6 is 15.9 Å². The van der Waals surface area contributed by atoms with Crippen molar-refractivity contribution in [3.8, 4) is 0 Å². The van der Waals surface area contributed by atoms with Gasteiger partial charge in [-0.25, -0.2) is 0 Å². The second-order valence-electron chi connectivity index (χ2n) is 2.10. The van der Waals surface area contributed by atoms with Crippen molar-refractivity contribution >= 4 is 21.8 Å². The smallest absolute Gasteiger partial charge is 0.272 e. The maximum atomic E-state index is 11.2. The summed E-state index contributed by atoms with van der Waals surface area (Å²) in [5.41, 5.74) is 0.365. The summed E-state index contributed by atoms with van der Waals surface area (Å²) in [5, 5.41) is 8.96. The van der Waals surface area contributed by atoms with Crippen molar-refractivity contribution in [3.63, 3.8) is 0 Å². The van der Waals surface area contributed by atoms with Crippen molar-refractivity contribution in [2.75, 3.05) is 6.54 Å². The lowest BCUT2D eigenvalue weighted by atomic mass is 10.4. The Morgan fingerprint density at radius 3 is 3.17 bits per heavy atom. The fourth-order valence-corrected chi connectivity index (χ4v) is 0.975. The van der Waals surface area contributed by atoms with E-state index in [1.54, 1.807) is 12.1 Å². The van der Waals surface area contributed by atoms with Crippen LogP contribution in [0.2, 0.25) is 0 Å². The molecule has 0 spiro atoms. The summed E-state index contributed by atoms with van der Waals surface area (Å²) in [6.45, 7) is 3.93. The number of amides is 1. The first-order valence-corrected chi connectivity index (χ1v) is 4.13. The van der Waals surface area contributed by atoms with E-state index in [0.29, 0.717) is 16.8 Å². The number of carbonyl (C=O) groups is 1. The van der Waals surface area contributed by atoms with Gasteiger partial charge in [0.05, 0.1) is 0 Å². The van der Waals surface area contributed by atoms with E-state index in [9.17, 15) is 4.79 Å². The van der Waals surface area contributed by atoms with Crippen LogP contribution in [0, 0.1) is 0 Å². The average molecular weight is 230 g/mol. The topological polar surface area (TPSA) is 57.8 Å². The van der Waals surface area contributed by atoms with E-state index in [1.165, 1.54) is 0 Å². The average Bonchev–Trinajstić information content (AvgIpc) is 2.47. The molecule has 1 amide bonds. The van der Waals surface area contributed by atoms with Gasteiger partial charge in [-0.15, -0.1) is 6.58 Å². The third-order valence-corrected chi connectivity index (χ3v) is 1.59. The van der Waals surface area contributed by atoms with Gasteiger partial charge in [0.1, 0.15) is 4.60 Å². The summed E-state index contributed by atoms with van der Waals surface area (Å²) in [6, 6.07) is 1.61. The Morgan fingerprint density at radius 2 is 2.67 bits per heavy atom. The van der Waals surface area contributed by atoms with Crippen molar-refractivity contribution in [2.45, 2.75) is 0 Å². The van der Waals surface area contributed by atoms with Gasteiger partial charge in [0.15, 0.2) is 5.69 Å². The molecule has 64 valence electrons. The van der Waals surface area contributed by atoms with Gasteiger partial charge in [0.2, 0.25) is 0 Å². The Labute approximate surface area is 78.2 Å². The van der Waals surface area contributed by atoms with E-state index in [-0.39, 0.29) is 5.91 Å². The van der Waals surface area contributed by atoms with Crippen LogP contribution in [0.1, 0.15) is 10.5 Å². The van der Waals surface area contributed by atoms with E-state index < -0.39 is 0 Å². The van der Waals surface area contributed by atoms with E-state index in [4.69, 9.17) is 0 Å². The molecule has 0 bridgehead atoms. The van der Waals surface area contributed by atoms with Gasteiger partial charge in [-0.1, -0.05) is 6.08 Å². The number of rotatable bonds is 3. The van der Waals surface area contributed by atoms with Gasteiger partial charge >= 0.3 is 0 Å². The highest BCUT2D eigenvalue weighted by Crippen LogP contribution is 2.05. The Hall–Kier alpha value is -1.10. The predicted molar refractivity (Wildman–Crippen MR) is 48.8 cm³/mol. The van der Waals surface area contributed by atoms with Gasteiger partial charge in [0.25, 0.3) is 5.91 Å². The van der Waals surface area contributed by atoms with Crippen LogP contribution in [0.4, 0.5) is 0 Å². The maximum absolute atomic E-state index is 11.2. The predicted octanol–water partition coefficient (Wildman–Crippen LogP) is 1.09. The van der Waals surface area contributed by atoms with Crippen molar-refractivity contribution < 1.29 is 4.79 Å².